The molecule has 5 rings (SSSR count). The van der Waals surface area contributed by atoms with Gasteiger partial charge in [-0.15, -0.1) is 0 Å². The van der Waals surface area contributed by atoms with E-state index >= 15 is 0 Å². The molecule has 1 aromatic rings. The summed E-state index contributed by atoms with van der Waals surface area (Å²) in [7, 11) is 4.58. The summed E-state index contributed by atoms with van der Waals surface area (Å²) in [5.41, 5.74) is 0.00304. The van der Waals surface area contributed by atoms with Crippen LogP contribution in [0.15, 0.2) is 6.07 Å². The second-order valence-electron chi connectivity index (χ2n) is 12.4. The second kappa shape index (κ2) is 10.2. The van der Waals surface area contributed by atoms with Crippen LogP contribution in [-0.2, 0) is 38.3 Å². The normalized spacial score (nSPS) is 31.9. The molecular weight excluding hydrogens is 559 g/mol. The Bertz CT molecular complexity index is 1390. The van der Waals surface area contributed by atoms with Crippen LogP contribution >= 0.6 is 0 Å². The number of carbonyl (C=O) groups excluding carboxylic acids is 5. The molecule has 0 radical (unpaired) electrons. The van der Waals surface area contributed by atoms with Crippen LogP contribution in [0.25, 0.3) is 0 Å². The van der Waals surface area contributed by atoms with Crippen molar-refractivity contribution < 1.29 is 47.4 Å². The fraction of sp³-hybridized carbons (Fsp3) is 0.621. The van der Waals surface area contributed by atoms with Crippen LogP contribution in [0.4, 0.5) is 13.2 Å². The summed E-state index contributed by atoms with van der Waals surface area (Å²) >= 11 is 0. The van der Waals surface area contributed by atoms with E-state index in [0.29, 0.717) is 0 Å². The van der Waals surface area contributed by atoms with Crippen LogP contribution < -0.4 is 5.73 Å². The number of nitrogens with zero attached hydrogens (tertiary/aromatic N) is 2. The number of aromatic hydroxyl groups is 1. The first-order valence-corrected chi connectivity index (χ1v) is 14.0. The number of phenolic OH excluding ortho intramolecular Hbond substituents is 1. The van der Waals surface area contributed by atoms with E-state index in [0.717, 1.165) is 31.7 Å². The molecule has 10 nitrogen and oxygen atoms in total. The molecule has 6 atom stereocenters. The van der Waals surface area contributed by atoms with Crippen molar-refractivity contribution in [3.05, 3.63) is 28.3 Å². The number of alkyl halides is 3. The Morgan fingerprint density at radius 2 is 1.71 bits per heavy atom. The number of nitrogens with two attached hydrogens (primary N) is 1. The van der Waals surface area contributed by atoms with E-state index in [2.05, 4.69) is 0 Å². The molecule has 228 valence electrons. The molecule has 3 saturated carbocycles. The topological polar surface area (TPSA) is 158 Å². The van der Waals surface area contributed by atoms with Crippen LogP contribution in [0.2, 0.25) is 0 Å². The number of amides is 1. The van der Waals surface area contributed by atoms with Gasteiger partial charge < -0.3 is 15.9 Å². The summed E-state index contributed by atoms with van der Waals surface area (Å²) in [6, 6.07) is -0.350. The Morgan fingerprint density at radius 1 is 1.10 bits per heavy atom. The highest BCUT2D eigenvalue weighted by Crippen LogP contribution is 2.52. The maximum Gasteiger partial charge on any atom is 0.417 e. The molecule has 4 aliphatic rings. The van der Waals surface area contributed by atoms with Crippen LogP contribution in [0.1, 0.15) is 59.2 Å². The van der Waals surface area contributed by atoms with Crippen molar-refractivity contribution in [2.75, 3.05) is 21.1 Å². The van der Waals surface area contributed by atoms with Gasteiger partial charge in [0.15, 0.2) is 34.7 Å². The number of hydrogen-bond acceptors (Lipinski definition) is 9. The first-order valence-electron chi connectivity index (χ1n) is 14.0. The summed E-state index contributed by atoms with van der Waals surface area (Å²) in [4.78, 5) is 69.3. The van der Waals surface area contributed by atoms with Crippen molar-refractivity contribution in [2.45, 2.75) is 68.9 Å². The van der Waals surface area contributed by atoms with E-state index < -0.39 is 99.4 Å². The van der Waals surface area contributed by atoms with Crippen molar-refractivity contribution in [3.8, 4) is 5.75 Å². The van der Waals surface area contributed by atoms with E-state index in [1.807, 2.05) is 0 Å². The molecule has 0 aromatic heterocycles. The zero-order valence-corrected chi connectivity index (χ0v) is 23.5. The van der Waals surface area contributed by atoms with Gasteiger partial charge in [-0.25, -0.2) is 0 Å². The van der Waals surface area contributed by atoms with Crippen LogP contribution in [0.5, 0.6) is 5.75 Å². The average Bonchev–Trinajstić information content (AvgIpc) is 3.40. The van der Waals surface area contributed by atoms with Gasteiger partial charge in [-0.1, -0.05) is 12.8 Å². The van der Waals surface area contributed by atoms with E-state index in [-0.39, 0.29) is 24.6 Å². The van der Waals surface area contributed by atoms with E-state index in [9.17, 15) is 47.4 Å². The van der Waals surface area contributed by atoms with Gasteiger partial charge in [0, 0.05) is 18.5 Å². The predicted molar refractivity (Wildman–Crippen MR) is 140 cm³/mol. The lowest BCUT2D eigenvalue weighted by molar-refractivity contribution is -0.181. The number of fused-ring (bicyclic) bond motifs is 3. The maximum atomic E-state index is 14.7. The molecule has 1 amide bonds. The zero-order chi connectivity index (χ0) is 31.0. The molecule has 0 spiro atoms. The zero-order valence-electron chi connectivity index (χ0n) is 23.5. The molecule has 42 heavy (non-hydrogen) atoms. The molecule has 13 heteroatoms. The Balaban J connectivity index is 1.63. The highest BCUT2D eigenvalue weighted by molar-refractivity contribution is 6.32. The van der Waals surface area contributed by atoms with Crippen LogP contribution in [-0.4, -0.2) is 87.9 Å². The van der Waals surface area contributed by atoms with Gasteiger partial charge in [0.1, 0.15) is 5.75 Å². The minimum Gasteiger partial charge on any atom is -0.507 e. The minimum absolute atomic E-state index is 0.0810. The molecular formula is C29H34F3N3O7. The van der Waals surface area contributed by atoms with Gasteiger partial charge in [-0.2, -0.15) is 13.2 Å². The van der Waals surface area contributed by atoms with E-state index in [1.165, 1.54) is 19.0 Å². The van der Waals surface area contributed by atoms with Crippen molar-refractivity contribution in [1.82, 2.24) is 9.80 Å². The van der Waals surface area contributed by atoms with Crippen molar-refractivity contribution in [3.63, 3.8) is 0 Å². The van der Waals surface area contributed by atoms with Gasteiger partial charge in [-0.05, 0) is 69.9 Å². The van der Waals surface area contributed by atoms with E-state index in [4.69, 9.17) is 5.73 Å². The Morgan fingerprint density at radius 3 is 2.26 bits per heavy atom. The van der Waals surface area contributed by atoms with Crippen molar-refractivity contribution in [2.24, 2.45) is 29.4 Å². The molecule has 3 fully saturated rings. The lowest BCUT2D eigenvalue weighted by Gasteiger charge is -2.52. The molecule has 4 N–H and O–H groups in total. The highest BCUT2D eigenvalue weighted by Gasteiger charge is 2.69. The first-order chi connectivity index (χ1) is 19.5. The summed E-state index contributed by atoms with van der Waals surface area (Å²) in [6.07, 6.45) is -2.06. The third-order valence-corrected chi connectivity index (χ3v) is 9.80. The lowest BCUT2D eigenvalue weighted by Crippen LogP contribution is -2.74. The van der Waals surface area contributed by atoms with Gasteiger partial charge in [0.2, 0.25) is 5.91 Å². The second-order valence-corrected chi connectivity index (χ2v) is 12.4. The number of aliphatic hydroxyl groups is 1. The van der Waals surface area contributed by atoms with Gasteiger partial charge in [0.05, 0.1) is 23.1 Å². The highest BCUT2D eigenvalue weighted by atomic mass is 19.4. The van der Waals surface area contributed by atoms with E-state index in [1.54, 1.807) is 11.9 Å². The molecule has 0 aliphatic heterocycles. The Kier molecular flexibility index (Phi) is 7.38. The fourth-order valence-electron chi connectivity index (χ4n) is 7.96. The van der Waals surface area contributed by atoms with Gasteiger partial charge in [0.25, 0.3) is 0 Å². The average molecular weight is 594 g/mol. The summed E-state index contributed by atoms with van der Waals surface area (Å²) in [5, 5.41) is 22.5. The molecule has 0 heterocycles. The number of phenols is 1. The molecule has 0 bridgehead atoms. The first kappa shape index (κ1) is 30.3. The monoisotopic (exact) mass is 593 g/mol. The summed E-state index contributed by atoms with van der Waals surface area (Å²) in [5.74, 6) is -13.3. The number of primary amides is 1. The number of hydrogen-bond donors (Lipinski definition) is 3. The van der Waals surface area contributed by atoms with Crippen molar-refractivity contribution in [1.29, 1.82) is 0 Å². The van der Waals surface area contributed by atoms with Gasteiger partial charge in [-0.3, -0.25) is 33.8 Å². The third-order valence-electron chi connectivity index (χ3n) is 9.80. The SMILES string of the molecule is CN(Cc1cc(O)c2c(c1C(F)(F)F)C[C@H]1C[C@H]3[C@H](N(C)C)C(=O)C(C(N)=O)C(=O)[C@@]3(O)C(=O)C1C2=O)C1CCCC1. The van der Waals surface area contributed by atoms with Crippen LogP contribution in [0, 0.1) is 23.7 Å². The maximum absolute atomic E-state index is 14.7. The number of carbonyl (C=O) groups is 5. The number of benzene rings is 1. The lowest BCUT2D eigenvalue weighted by atomic mass is 9.52. The smallest absolute Gasteiger partial charge is 0.417 e. The number of likely N-dealkylation sites (N-methyl/N-ethyl adjacent to an activating group) is 1. The Hall–Kier alpha value is -3.16. The number of Topliss-reactive ketones (excluding diaryl/α,β-unsaturated/α-hetero) is 4. The fourth-order valence-corrected chi connectivity index (χ4v) is 7.96. The molecule has 1 aromatic carbocycles. The van der Waals surface area contributed by atoms with Crippen LogP contribution in [0.3, 0.4) is 0 Å². The van der Waals surface area contributed by atoms with Gasteiger partial charge >= 0.3 is 6.18 Å². The number of halogens is 3. The summed E-state index contributed by atoms with van der Waals surface area (Å²) < 4.78 is 44.1. The number of ketones is 4. The Labute approximate surface area is 240 Å². The standard InChI is InChI=1S/C29H34F3N3O7/c1-34(2)22-16-9-12-8-15-19(23(37)18(12)25(39)28(16,42)26(40)20(24(22)38)27(33)41)17(36)10-13(21(15)29(30,31)32)11-35(3)14-6-4-5-7-14/h10,12,14,16,18,20,22,36,42H,4-9,11H2,1-3H3,(H2,33,41)/t12-,16-,18?,20?,22-,28-/m0/s1. The van der Waals surface area contributed by atoms with Crippen molar-refractivity contribution >= 4 is 29.0 Å². The predicted octanol–water partition coefficient (Wildman–Crippen LogP) is 1.26. The largest absolute Gasteiger partial charge is 0.507 e. The molecule has 2 unspecified atom stereocenters. The third kappa shape index (κ3) is 4.39. The number of rotatable bonds is 5. The molecule has 0 saturated heterocycles. The quantitative estimate of drug-likeness (QED) is 0.428. The minimum atomic E-state index is -4.90. The summed E-state index contributed by atoms with van der Waals surface area (Å²) in [6.45, 7) is -0.121. The molecule has 4 aliphatic carbocycles.